The molecule has 30 heavy (non-hydrogen) atoms. The molecule has 5 heteroatoms. The van der Waals surface area contributed by atoms with Gasteiger partial charge in [-0.3, -0.25) is 9.59 Å². The molecule has 0 saturated heterocycles. The number of hydrogen-bond donors (Lipinski definition) is 2. The second kappa shape index (κ2) is 7.98. The number of carbonyl (C=O) groups is 2. The summed E-state index contributed by atoms with van der Waals surface area (Å²) in [6.45, 7) is 6.97. The number of nitrogens with zero attached hydrogens (tertiary/aromatic N) is 1. The number of fused-ring (bicyclic) bond motifs is 1. The van der Waals surface area contributed by atoms with Gasteiger partial charge >= 0.3 is 0 Å². The van der Waals surface area contributed by atoms with Gasteiger partial charge in [-0.2, -0.15) is 0 Å². The van der Waals surface area contributed by atoms with Gasteiger partial charge in [0, 0.05) is 24.2 Å². The van der Waals surface area contributed by atoms with Crippen molar-refractivity contribution in [2.24, 2.45) is 5.41 Å². The van der Waals surface area contributed by atoms with Crippen molar-refractivity contribution in [3.05, 3.63) is 71.4 Å². The third-order valence-corrected chi connectivity index (χ3v) is 5.95. The van der Waals surface area contributed by atoms with Crippen molar-refractivity contribution in [2.45, 2.75) is 46.2 Å². The number of carbonyl (C=O) groups excluding carboxylic acids is 2. The minimum absolute atomic E-state index is 0.0619. The van der Waals surface area contributed by atoms with Crippen LogP contribution in [0, 0.1) is 5.41 Å². The molecular weight excluding hydrogens is 374 g/mol. The Balaban J connectivity index is 1.61. The van der Waals surface area contributed by atoms with Crippen LogP contribution in [0.1, 0.15) is 39.2 Å². The minimum atomic E-state index is -0.178. The van der Waals surface area contributed by atoms with E-state index < -0.39 is 0 Å². The Morgan fingerprint density at radius 2 is 1.80 bits per heavy atom. The van der Waals surface area contributed by atoms with Gasteiger partial charge in [-0.15, -0.1) is 0 Å². The van der Waals surface area contributed by atoms with Gasteiger partial charge < -0.3 is 15.5 Å². The standard InChI is InChI=1S/C25H29N3O2/c1-17-24-20(13-25(2,3)14-22(24)29)27-19-11-7-8-12-21(19)28(17)16-23(30)26-15-18-9-5-4-6-10-18/h4-12,17,27H,13-16H2,1-3H3,(H,26,30). The average Bonchev–Trinajstić information content (AvgIpc) is 2.81. The molecule has 0 fully saturated rings. The number of anilines is 2. The molecule has 2 aliphatic rings. The monoisotopic (exact) mass is 403 g/mol. The van der Waals surface area contributed by atoms with Crippen LogP contribution < -0.4 is 15.5 Å². The first-order chi connectivity index (χ1) is 14.3. The van der Waals surface area contributed by atoms with E-state index >= 15 is 0 Å². The lowest BCUT2D eigenvalue weighted by molar-refractivity contribution is -0.120. The maximum absolute atomic E-state index is 13.1. The lowest BCUT2D eigenvalue weighted by Crippen LogP contribution is -2.44. The maximum Gasteiger partial charge on any atom is 0.239 e. The molecule has 1 amide bonds. The van der Waals surface area contributed by atoms with E-state index in [9.17, 15) is 9.59 Å². The van der Waals surface area contributed by atoms with E-state index in [-0.39, 0.29) is 29.7 Å². The third-order valence-electron chi connectivity index (χ3n) is 5.95. The van der Waals surface area contributed by atoms with Gasteiger partial charge in [-0.05, 0) is 36.5 Å². The van der Waals surface area contributed by atoms with Gasteiger partial charge in [0.2, 0.25) is 5.91 Å². The predicted molar refractivity (Wildman–Crippen MR) is 120 cm³/mol. The summed E-state index contributed by atoms with van der Waals surface area (Å²) >= 11 is 0. The van der Waals surface area contributed by atoms with E-state index in [2.05, 4.69) is 24.5 Å². The van der Waals surface area contributed by atoms with Crippen LogP contribution in [0.4, 0.5) is 11.4 Å². The molecule has 4 rings (SSSR count). The van der Waals surface area contributed by atoms with Crippen molar-refractivity contribution in [3.63, 3.8) is 0 Å². The lowest BCUT2D eigenvalue weighted by Gasteiger charge is -2.36. The first-order valence-corrected chi connectivity index (χ1v) is 10.5. The predicted octanol–water partition coefficient (Wildman–Crippen LogP) is 4.27. The molecule has 2 aromatic rings. The Bertz CT molecular complexity index is 994. The number of rotatable bonds is 4. The lowest BCUT2D eigenvalue weighted by atomic mass is 9.74. The van der Waals surface area contributed by atoms with Crippen LogP contribution in [-0.2, 0) is 16.1 Å². The van der Waals surface area contributed by atoms with Gasteiger partial charge in [-0.25, -0.2) is 0 Å². The third kappa shape index (κ3) is 4.11. The van der Waals surface area contributed by atoms with E-state index in [1.807, 2.05) is 66.4 Å². The molecule has 0 saturated carbocycles. The molecule has 1 aliphatic carbocycles. The molecule has 1 atom stereocenters. The Hall–Kier alpha value is -3.08. The highest BCUT2D eigenvalue weighted by atomic mass is 16.2. The summed E-state index contributed by atoms with van der Waals surface area (Å²) in [5.41, 5.74) is 4.67. The number of nitrogens with one attached hydrogen (secondary N) is 2. The smallest absolute Gasteiger partial charge is 0.239 e. The summed E-state index contributed by atoms with van der Waals surface area (Å²) in [5.74, 6) is 0.108. The molecule has 0 spiro atoms. The Morgan fingerprint density at radius 3 is 2.57 bits per heavy atom. The van der Waals surface area contributed by atoms with Crippen LogP contribution >= 0.6 is 0 Å². The fraction of sp³-hybridized carbons (Fsp3) is 0.360. The van der Waals surface area contributed by atoms with Crippen LogP contribution in [0.5, 0.6) is 0 Å². The molecule has 1 heterocycles. The van der Waals surface area contributed by atoms with Gasteiger partial charge in [0.15, 0.2) is 5.78 Å². The van der Waals surface area contributed by atoms with E-state index in [0.717, 1.165) is 34.6 Å². The fourth-order valence-corrected chi connectivity index (χ4v) is 4.52. The summed E-state index contributed by atoms with van der Waals surface area (Å²) in [6, 6.07) is 17.7. The molecule has 0 radical (unpaired) electrons. The van der Waals surface area contributed by atoms with E-state index in [4.69, 9.17) is 0 Å². The molecule has 5 nitrogen and oxygen atoms in total. The number of hydrogen-bond acceptors (Lipinski definition) is 4. The largest absolute Gasteiger partial charge is 0.357 e. The Kier molecular flexibility index (Phi) is 5.37. The number of allylic oxidation sites excluding steroid dienone is 1. The first-order valence-electron chi connectivity index (χ1n) is 10.5. The SMILES string of the molecule is CC1C2=C(CC(C)(C)CC2=O)Nc2ccccc2N1CC(=O)NCc1ccccc1. The van der Waals surface area contributed by atoms with Crippen LogP contribution in [0.25, 0.3) is 0 Å². The number of amides is 1. The van der Waals surface area contributed by atoms with Crippen molar-refractivity contribution in [1.29, 1.82) is 0 Å². The molecule has 1 aliphatic heterocycles. The van der Waals surface area contributed by atoms with Gasteiger partial charge in [-0.1, -0.05) is 56.3 Å². The van der Waals surface area contributed by atoms with Gasteiger partial charge in [0.05, 0.1) is 24.0 Å². The number of para-hydroxylation sites is 2. The average molecular weight is 404 g/mol. The van der Waals surface area contributed by atoms with E-state index in [1.165, 1.54) is 0 Å². The normalized spacial score (nSPS) is 20.0. The number of benzene rings is 2. The van der Waals surface area contributed by atoms with Crippen LogP contribution in [0.3, 0.4) is 0 Å². The Morgan fingerprint density at radius 1 is 1.10 bits per heavy atom. The van der Waals surface area contributed by atoms with Gasteiger partial charge in [0.1, 0.15) is 0 Å². The summed E-state index contributed by atoms with van der Waals surface area (Å²) in [5, 5.41) is 6.54. The minimum Gasteiger partial charge on any atom is -0.357 e. The second-order valence-electron chi connectivity index (χ2n) is 9.04. The summed E-state index contributed by atoms with van der Waals surface area (Å²) < 4.78 is 0. The highest BCUT2D eigenvalue weighted by Crippen LogP contribution is 2.43. The molecule has 0 aromatic heterocycles. The topological polar surface area (TPSA) is 61.4 Å². The summed E-state index contributed by atoms with van der Waals surface area (Å²) in [6.07, 6.45) is 1.35. The van der Waals surface area contributed by atoms with Crippen molar-refractivity contribution < 1.29 is 9.59 Å². The first kappa shape index (κ1) is 20.2. The Labute approximate surface area is 178 Å². The number of Topliss-reactive ketones (excluding diaryl/α,β-unsaturated/α-hetero) is 1. The number of ketones is 1. The van der Waals surface area contributed by atoms with Crippen LogP contribution in [-0.4, -0.2) is 24.3 Å². The van der Waals surface area contributed by atoms with E-state index in [0.29, 0.717) is 13.0 Å². The molecule has 156 valence electrons. The molecular formula is C25H29N3O2. The van der Waals surface area contributed by atoms with E-state index in [1.54, 1.807) is 0 Å². The fourth-order valence-electron chi connectivity index (χ4n) is 4.52. The van der Waals surface area contributed by atoms with Crippen LogP contribution in [0.2, 0.25) is 0 Å². The van der Waals surface area contributed by atoms with Crippen molar-refractivity contribution >= 4 is 23.1 Å². The quantitative estimate of drug-likeness (QED) is 0.801. The highest BCUT2D eigenvalue weighted by Gasteiger charge is 2.39. The molecule has 0 bridgehead atoms. The maximum atomic E-state index is 13.1. The molecule has 1 unspecified atom stereocenters. The van der Waals surface area contributed by atoms with Crippen molar-refractivity contribution in [2.75, 3.05) is 16.8 Å². The van der Waals surface area contributed by atoms with Crippen molar-refractivity contribution in [3.8, 4) is 0 Å². The zero-order chi connectivity index (χ0) is 21.3. The zero-order valence-electron chi connectivity index (χ0n) is 17.9. The van der Waals surface area contributed by atoms with Gasteiger partial charge in [0.25, 0.3) is 0 Å². The summed E-state index contributed by atoms with van der Waals surface area (Å²) in [7, 11) is 0. The summed E-state index contributed by atoms with van der Waals surface area (Å²) in [4.78, 5) is 27.9. The zero-order valence-corrected chi connectivity index (χ0v) is 17.9. The van der Waals surface area contributed by atoms with Crippen LogP contribution in [0.15, 0.2) is 65.9 Å². The highest BCUT2D eigenvalue weighted by molar-refractivity contribution is 6.01. The molecule has 2 N–H and O–H groups in total. The van der Waals surface area contributed by atoms with Crippen molar-refractivity contribution in [1.82, 2.24) is 5.32 Å². The molecule has 2 aromatic carbocycles. The second-order valence-corrected chi connectivity index (χ2v) is 9.04.